The van der Waals surface area contributed by atoms with E-state index in [-0.39, 0.29) is 5.91 Å². The van der Waals surface area contributed by atoms with E-state index in [0.29, 0.717) is 34.2 Å². The number of nitrogens with zero attached hydrogens (tertiary/aromatic N) is 6. The lowest BCUT2D eigenvalue weighted by Crippen LogP contribution is -2.21. The van der Waals surface area contributed by atoms with Gasteiger partial charge in [0.25, 0.3) is 5.91 Å². The minimum atomic E-state index is -5.08. The van der Waals surface area contributed by atoms with Crippen molar-refractivity contribution in [2.24, 2.45) is 7.05 Å². The smallest absolute Gasteiger partial charge is 0.475 e. The Morgan fingerprint density at radius 1 is 1.07 bits per heavy atom. The Morgan fingerprint density at radius 2 is 1.80 bits per heavy atom. The molecule has 14 heteroatoms. The molecule has 3 heterocycles. The second-order valence-corrected chi connectivity index (χ2v) is 8.02. The van der Waals surface area contributed by atoms with Crippen molar-refractivity contribution >= 4 is 23.3 Å². The highest BCUT2D eigenvalue weighted by Gasteiger charge is 2.38. The molecule has 0 fully saturated rings. The van der Waals surface area contributed by atoms with Gasteiger partial charge in [-0.2, -0.15) is 23.5 Å². The number of carboxylic acid groups (broad SMARTS) is 1. The summed E-state index contributed by atoms with van der Waals surface area (Å²) in [7, 11) is 1.88. The molecule has 0 spiro atoms. The number of amides is 1. The molecule has 2 aromatic carbocycles. The average molecular weight is 549 g/mol. The Kier molecular flexibility index (Phi) is 7.76. The monoisotopic (exact) mass is 549 g/mol. The van der Waals surface area contributed by atoms with Crippen LogP contribution in [0, 0.1) is 11.3 Å². The van der Waals surface area contributed by atoms with E-state index in [0.717, 1.165) is 11.3 Å². The molecule has 5 aromatic rings. The number of hydrogen-bond donors (Lipinski definition) is 2. The van der Waals surface area contributed by atoms with Crippen molar-refractivity contribution in [1.82, 2.24) is 24.4 Å². The minimum Gasteiger partial charge on any atom is -0.475 e. The highest BCUT2D eigenvalue weighted by Crippen LogP contribution is 2.26. The molecular weight excluding hydrogens is 531 g/mol. The van der Waals surface area contributed by atoms with Crippen LogP contribution in [-0.4, -0.2) is 47.5 Å². The highest BCUT2D eigenvalue weighted by atomic mass is 19.4. The molecule has 0 aliphatic rings. The molecule has 202 valence electrons. The molecule has 11 nitrogen and oxygen atoms in total. The number of hydrogen-bond acceptors (Lipinski definition) is 7. The van der Waals surface area contributed by atoms with Gasteiger partial charge in [-0.25, -0.2) is 14.3 Å². The van der Waals surface area contributed by atoms with E-state index in [2.05, 4.69) is 20.5 Å². The van der Waals surface area contributed by atoms with Crippen molar-refractivity contribution in [3.05, 3.63) is 90.3 Å². The molecule has 0 saturated heterocycles. The first-order chi connectivity index (χ1) is 19.0. The van der Waals surface area contributed by atoms with Crippen LogP contribution in [0.1, 0.15) is 15.9 Å². The number of anilines is 1. The molecule has 0 aliphatic carbocycles. The van der Waals surface area contributed by atoms with E-state index in [1.807, 2.05) is 43.4 Å². The maximum atomic E-state index is 12.5. The van der Waals surface area contributed by atoms with Crippen molar-refractivity contribution in [2.45, 2.75) is 6.18 Å². The number of rotatable bonds is 5. The summed E-state index contributed by atoms with van der Waals surface area (Å²) in [4.78, 5) is 25.7. The molecular formula is C26H18F3N7O4. The SMILES string of the molecule is Cn1nccc1-c1cccc(Oc2ccc3nc(NC(=O)c4ccc(C#N)cc4)cn3n2)c1.O=C(O)C(F)(F)F. The summed E-state index contributed by atoms with van der Waals surface area (Å²) in [6.07, 6.45) is -1.73. The summed E-state index contributed by atoms with van der Waals surface area (Å²) >= 11 is 0. The van der Waals surface area contributed by atoms with Crippen LogP contribution in [0.15, 0.2) is 79.1 Å². The van der Waals surface area contributed by atoms with Gasteiger partial charge in [-0.3, -0.25) is 9.48 Å². The number of aromatic nitrogens is 5. The van der Waals surface area contributed by atoms with Crippen molar-refractivity contribution in [3.63, 3.8) is 0 Å². The topological polar surface area (TPSA) is 147 Å². The fourth-order valence-electron chi connectivity index (χ4n) is 3.36. The number of aryl methyl sites for hydroxylation is 1. The van der Waals surface area contributed by atoms with Gasteiger partial charge in [-0.1, -0.05) is 12.1 Å². The van der Waals surface area contributed by atoms with Gasteiger partial charge >= 0.3 is 12.1 Å². The van der Waals surface area contributed by atoms with E-state index < -0.39 is 12.1 Å². The minimum absolute atomic E-state index is 0.327. The number of carboxylic acids is 1. The Morgan fingerprint density at radius 3 is 2.42 bits per heavy atom. The predicted octanol–water partition coefficient (Wildman–Crippen LogP) is 4.68. The van der Waals surface area contributed by atoms with Crippen molar-refractivity contribution < 1.29 is 32.6 Å². The van der Waals surface area contributed by atoms with Gasteiger partial charge in [0.15, 0.2) is 11.5 Å². The molecule has 0 aliphatic heterocycles. The first-order valence-electron chi connectivity index (χ1n) is 11.3. The van der Waals surface area contributed by atoms with Crippen LogP contribution in [0.25, 0.3) is 16.9 Å². The summed E-state index contributed by atoms with van der Waals surface area (Å²) in [6.45, 7) is 0. The third kappa shape index (κ3) is 6.58. The Bertz CT molecular complexity index is 1720. The molecule has 0 saturated carbocycles. The van der Waals surface area contributed by atoms with Crippen LogP contribution < -0.4 is 10.1 Å². The molecule has 3 aromatic heterocycles. The van der Waals surface area contributed by atoms with Gasteiger partial charge in [0.2, 0.25) is 5.88 Å². The van der Waals surface area contributed by atoms with Gasteiger partial charge < -0.3 is 15.2 Å². The van der Waals surface area contributed by atoms with Crippen LogP contribution >= 0.6 is 0 Å². The van der Waals surface area contributed by atoms with Crippen LogP contribution in [0.2, 0.25) is 0 Å². The Hall–Kier alpha value is -5.71. The lowest BCUT2D eigenvalue weighted by atomic mass is 10.1. The normalized spacial score (nSPS) is 10.8. The summed E-state index contributed by atoms with van der Waals surface area (Å²) in [5.41, 5.74) is 3.42. The molecule has 0 unspecified atom stereocenters. The molecule has 0 atom stereocenters. The Labute approximate surface area is 223 Å². The standard InChI is InChI=1S/C24H17N7O2.C2HF3O2/c1-30-20(11-12-26-30)18-3-2-4-19(13-18)33-23-10-9-22-27-21(15-31(22)29-23)28-24(32)17-7-5-16(14-25)6-8-17;3-2(4,5)1(6)7/h2-13,15H,1H3,(H,28,32);(H,6,7). The number of aliphatic carboxylic acids is 1. The number of imidazole rings is 1. The van der Waals surface area contributed by atoms with Gasteiger partial charge in [0.1, 0.15) is 5.75 Å². The van der Waals surface area contributed by atoms with Gasteiger partial charge in [-0.05, 0) is 48.5 Å². The zero-order valence-electron chi connectivity index (χ0n) is 20.5. The number of halogens is 3. The summed E-state index contributed by atoms with van der Waals surface area (Å²) in [5, 5.41) is 27.4. The first kappa shape index (κ1) is 27.3. The predicted molar refractivity (Wildman–Crippen MR) is 135 cm³/mol. The lowest BCUT2D eigenvalue weighted by molar-refractivity contribution is -0.192. The van der Waals surface area contributed by atoms with E-state index in [1.54, 1.807) is 53.5 Å². The number of nitrogens with one attached hydrogen (secondary N) is 1. The average Bonchev–Trinajstić information content (AvgIpc) is 3.53. The summed E-state index contributed by atoms with van der Waals surface area (Å²) < 4.78 is 41.0. The second kappa shape index (κ2) is 11.4. The quantitative estimate of drug-likeness (QED) is 0.321. The third-order valence-electron chi connectivity index (χ3n) is 5.23. The van der Waals surface area contributed by atoms with E-state index >= 15 is 0 Å². The lowest BCUT2D eigenvalue weighted by Gasteiger charge is -2.07. The third-order valence-corrected chi connectivity index (χ3v) is 5.23. The number of nitriles is 1. The second-order valence-electron chi connectivity index (χ2n) is 8.02. The molecule has 40 heavy (non-hydrogen) atoms. The fourth-order valence-corrected chi connectivity index (χ4v) is 3.36. The zero-order chi connectivity index (χ0) is 28.9. The van der Waals surface area contributed by atoms with Crippen LogP contribution in [0.4, 0.5) is 19.0 Å². The number of fused-ring (bicyclic) bond motifs is 1. The van der Waals surface area contributed by atoms with Gasteiger partial charge in [0, 0.05) is 30.4 Å². The van der Waals surface area contributed by atoms with Crippen LogP contribution in [0.5, 0.6) is 11.6 Å². The van der Waals surface area contributed by atoms with Crippen molar-refractivity contribution in [1.29, 1.82) is 5.26 Å². The number of alkyl halides is 3. The number of ether oxygens (including phenoxy) is 1. The van der Waals surface area contributed by atoms with E-state index in [9.17, 15) is 18.0 Å². The largest absolute Gasteiger partial charge is 0.490 e. The maximum absolute atomic E-state index is 12.5. The molecule has 0 radical (unpaired) electrons. The van der Waals surface area contributed by atoms with Crippen molar-refractivity contribution in [3.8, 4) is 29.0 Å². The molecule has 1 amide bonds. The zero-order valence-corrected chi connectivity index (χ0v) is 20.5. The summed E-state index contributed by atoms with van der Waals surface area (Å²) in [6, 6.07) is 21.4. The molecule has 5 rings (SSSR count). The fraction of sp³-hybridized carbons (Fsp3) is 0.0769. The maximum Gasteiger partial charge on any atom is 0.490 e. The van der Waals surface area contributed by atoms with Gasteiger partial charge in [0.05, 0.1) is 23.5 Å². The van der Waals surface area contributed by atoms with Crippen LogP contribution in [-0.2, 0) is 11.8 Å². The van der Waals surface area contributed by atoms with E-state index in [1.165, 1.54) is 4.52 Å². The highest BCUT2D eigenvalue weighted by molar-refractivity contribution is 6.03. The Balaban J connectivity index is 0.000000470. The van der Waals surface area contributed by atoms with Gasteiger partial charge in [-0.15, -0.1) is 5.10 Å². The number of carbonyl (C=O) groups is 2. The molecule has 0 bridgehead atoms. The summed E-state index contributed by atoms with van der Waals surface area (Å²) in [5.74, 6) is -1.71. The van der Waals surface area contributed by atoms with E-state index in [4.69, 9.17) is 19.9 Å². The van der Waals surface area contributed by atoms with Crippen LogP contribution in [0.3, 0.4) is 0 Å². The van der Waals surface area contributed by atoms with Crippen molar-refractivity contribution in [2.75, 3.05) is 5.32 Å². The number of carbonyl (C=O) groups excluding carboxylic acids is 1. The first-order valence-corrected chi connectivity index (χ1v) is 11.3. The number of benzene rings is 2. The molecule has 2 N–H and O–H groups in total.